The molecule has 0 unspecified atom stereocenters. The van der Waals surface area contributed by atoms with Crippen LogP contribution in [0.2, 0.25) is 0 Å². The fourth-order valence-corrected chi connectivity index (χ4v) is 3.33. The van der Waals surface area contributed by atoms with E-state index in [4.69, 9.17) is 9.73 Å². The molecule has 3 rings (SSSR count). The van der Waals surface area contributed by atoms with Crippen molar-refractivity contribution in [3.8, 4) is 11.6 Å². The molecule has 0 bridgehead atoms. The minimum atomic E-state index is 0. The van der Waals surface area contributed by atoms with E-state index in [1.54, 1.807) is 13.1 Å². The predicted molar refractivity (Wildman–Crippen MR) is 134 cm³/mol. The molecule has 0 radical (unpaired) electrons. The largest absolute Gasteiger partial charge is 0.439 e. The number of carbonyl (C=O) groups is 1. The lowest BCUT2D eigenvalue weighted by atomic mass is 10.1. The SMILES string of the molecule is CCNC(=NCc1ccnc(Oc2ccc(C)c(C)c2)c1)N1CCN(C(C)=O)CC1.I. The van der Waals surface area contributed by atoms with E-state index in [1.807, 2.05) is 35.2 Å². The molecule has 1 aliphatic heterocycles. The van der Waals surface area contributed by atoms with Crippen LogP contribution in [-0.4, -0.2) is 59.4 Å². The van der Waals surface area contributed by atoms with Crippen molar-refractivity contribution >= 4 is 35.8 Å². The lowest BCUT2D eigenvalue weighted by molar-refractivity contribution is -0.130. The number of benzene rings is 1. The number of nitrogens with zero attached hydrogens (tertiary/aromatic N) is 4. The summed E-state index contributed by atoms with van der Waals surface area (Å²) in [5.74, 6) is 2.34. The quantitative estimate of drug-likeness (QED) is 0.358. The summed E-state index contributed by atoms with van der Waals surface area (Å²) < 4.78 is 5.94. The molecule has 168 valence electrons. The summed E-state index contributed by atoms with van der Waals surface area (Å²) in [7, 11) is 0. The number of ether oxygens (including phenoxy) is 1. The van der Waals surface area contributed by atoms with Gasteiger partial charge in [0.15, 0.2) is 5.96 Å². The number of amides is 1. The molecule has 1 aromatic carbocycles. The van der Waals surface area contributed by atoms with Gasteiger partial charge in [0.1, 0.15) is 5.75 Å². The first-order valence-electron chi connectivity index (χ1n) is 10.4. The molecule has 1 fully saturated rings. The maximum atomic E-state index is 11.6. The third-order valence-corrected chi connectivity index (χ3v) is 5.27. The number of aliphatic imine (C=N–C) groups is 1. The normalized spacial score (nSPS) is 14.1. The van der Waals surface area contributed by atoms with Crippen LogP contribution in [0, 0.1) is 13.8 Å². The number of pyridine rings is 1. The number of piperazine rings is 1. The third kappa shape index (κ3) is 7.09. The number of aromatic nitrogens is 1. The number of aryl methyl sites for hydroxylation is 2. The van der Waals surface area contributed by atoms with E-state index in [0.29, 0.717) is 12.4 Å². The van der Waals surface area contributed by atoms with E-state index in [-0.39, 0.29) is 29.9 Å². The van der Waals surface area contributed by atoms with Crippen LogP contribution >= 0.6 is 24.0 Å². The number of rotatable bonds is 5. The third-order valence-electron chi connectivity index (χ3n) is 5.27. The highest BCUT2D eigenvalue weighted by Gasteiger charge is 2.20. The van der Waals surface area contributed by atoms with Crippen molar-refractivity contribution < 1.29 is 9.53 Å². The van der Waals surface area contributed by atoms with E-state index in [9.17, 15) is 4.79 Å². The minimum absolute atomic E-state index is 0. The van der Waals surface area contributed by atoms with Crippen molar-refractivity contribution in [3.63, 3.8) is 0 Å². The first kappa shape index (κ1) is 24.9. The van der Waals surface area contributed by atoms with E-state index < -0.39 is 0 Å². The lowest BCUT2D eigenvalue weighted by Crippen LogP contribution is -2.53. The zero-order chi connectivity index (χ0) is 21.5. The number of hydrogen-bond acceptors (Lipinski definition) is 4. The van der Waals surface area contributed by atoms with E-state index >= 15 is 0 Å². The van der Waals surface area contributed by atoms with Crippen LogP contribution in [0.1, 0.15) is 30.5 Å². The van der Waals surface area contributed by atoms with Gasteiger partial charge in [-0.2, -0.15) is 0 Å². The zero-order valence-electron chi connectivity index (χ0n) is 18.7. The fraction of sp³-hybridized carbons (Fsp3) is 0.435. The highest BCUT2D eigenvalue weighted by atomic mass is 127. The number of halogens is 1. The molecule has 0 spiro atoms. The van der Waals surface area contributed by atoms with Gasteiger partial charge in [0.05, 0.1) is 6.54 Å². The van der Waals surface area contributed by atoms with Gasteiger partial charge in [-0.25, -0.2) is 9.98 Å². The molecule has 1 aromatic heterocycles. The molecule has 2 heterocycles. The summed E-state index contributed by atoms with van der Waals surface area (Å²) in [5, 5.41) is 3.36. The fourth-order valence-electron chi connectivity index (χ4n) is 3.33. The smallest absolute Gasteiger partial charge is 0.219 e. The Morgan fingerprint density at radius 3 is 2.45 bits per heavy atom. The lowest BCUT2D eigenvalue weighted by Gasteiger charge is -2.36. The summed E-state index contributed by atoms with van der Waals surface area (Å²) in [6, 6.07) is 9.90. The molecular weight excluding hydrogens is 505 g/mol. The summed E-state index contributed by atoms with van der Waals surface area (Å²) in [4.78, 5) is 24.8. The van der Waals surface area contributed by atoms with Crippen LogP contribution in [0.5, 0.6) is 11.6 Å². The summed E-state index contributed by atoms with van der Waals surface area (Å²) in [5.41, 5.74) is 3.45. The van der Waals surface area contributed by atoms with Crippen LogP contribution < -0.4 is 10.1 Å². The highest BCUT2D eigenvalue weighted by molar-refractivity contribution is 14.0. The van der Waals surface area contributed by atoms with E-state index in [2.05, 4.69) is 36.0 Å². The molecule has 2 aromatic rings. The molecule has 0 aliphatic carbocycles. The van der Waals surface area contributed by atoms with Crippen LogP contribution in [0.4, 0.5) is 0 Å². The number of hydrogen-bond donors (Lipinski definition) is 1. The number of nitrogens with one attached hydrogen (secondary N) is 1. The number of guanidine groups is 1. The molecular formula is C23H32IN5O2. The van der Waals surface area contributed by atoms with Gasteiger partial charge in [-0.1, -0.05) is 6.07 Å². The van der Waals surface area contributed by atoms with Crippen LogP contribution in [-0.2, 0) is 11.3 Å². The van der Waals surface area contributed by atoms with Crippen molar-refractivity contribution in [2.24, 2.45) is 4.99 Å². The Balaban J connectivity index is 0.00000341. The average Bonchev–Trinajstić information content (AvgIpc) is 2.74. The van der Waals surface area contributed by atoms with Gasteiger partial charge >= 0.3 is 0 Å². The molecule has 0 saturated carbocycles. The first-order valence-corrected chi connectivity index (χ1v) is 10.4. The second-order valence-electron chi connectivity index (χ2n) is 7.51. The van der Waals surface area contributed by atoms with Crippen molar-refractivity contribution in [1.82, 2.24) is 20.1 Å². The second kappa shape index (κ2) is 11.9. The summed E-state index contributed by atoms with van der Waals surface area (Å²) >= 11 is 0. The van der Waals surface area contributed by atoms with Gasteiger partial charge in [0, 0.05) is 51.9 Å². The van der Waals surface area contributed by atoms with E-state index in [1.165, 1.54) is 11.1 Å². The van der Waals surface area contributed by atoms with E-state index in [0.717, 1.165) is 50.0 Å². The van der Waals surface area contributed by atoms with Crippen LogP contribution in [0.3, 0.4) is 0 Å². The molecule has 8 heteroatoms. The van der Waals surface area contributed by atoms with Crippen molar-refractivity contribution in [1.29, 1.82) is 0 Å². The molecule has 1 saturated heterocycles. The molecule has 1 amide bonds. The first-order chi connectivity index (χ1) is 14.5. The molecule has 7 nitrogen and oxygen atoms in total. The Morgan fingerprint density at radius 2 is 1.81 bits per heavy atom. The van der Waals surface area contributed by atoms with Crippen LogP contribution in [0.15, 0.2) is 41.5 Å². The van der Waals surface area contributed by atoms with Crippen LogP contribution in [0.25, 0.3) is 0 Å². The topological polar surface area (TPSA) is 70.1 Å². The Hall–Kier alpha value is -2.36. The average molecular weight is 537 g/mol. The maximum absolute atomic E-state index is 11.6. The van der Waals surface area contributed by atoms with Crippen molar-refractivity contribution in [2.75, 3.05) is 32.7 Å². The summed E-state index contributed by atoms with van der Waals surface area (Å²) in [6.07, 6.45) is 1.75. The highest BCUT2D eigenvalue weighted by Crippen LogP contribution is 2.23. The van der Waals surface area contributed by atoms with Gasteiger partial charge in [-0.15, -0.1) is 24.0 Å². The zero-order valence-corrected chi connectivity index (χ0v) is 21.1. The van der Waals surface area contributed by atoms with Gasteiger partial charge in [0.2, 0.25) is 11.8 Å². The second-order valence-corrected chi connectivity index (χ2v) is 7.51. The molecule has 31 heavy (non-hydrogen) atoms. The Kier molecular flexibility index (Phi) is 9.54. The number of carbonyl (C=O) groups excluding carboxylic acids is 1. The molecule has 0 atom stereocenters. The maximum Gasteiger partial charge on any atom is 0.219 e. The minimum Gasteiger partial charge on any atom is -0.439 e. The van der Waals surface area contributed by atoms with Gasteiger partial charge in [-0.05, 0) is 55.7 Å². The Morgan fingerprint density at radius 1 is 1.10 bits per heavy atom. The molecule has 1 aliphatic rings. The Bertz CT molecular complexity index is 911. The van der Waals surface area contributed by atoms with Gasteiger partial charge < -0.3 is 19.9 Å². The molecule has 1 N–H and O–H groups in total. The predicted octanol–water partition coefficient (Wildman–Crippen LogP) is 3.74. The standard InChI is InChI=1S/C23H31N5O2.HI/c1-5-24-23(28-12-10-27(11-13-28)19(4)29)26-16-20-8-9-25-22(15-20)30-21-7-6-17(2)18(3)14-21;/h6-9,14-15H,5,10-13,16H2,1-4H3,(H,24,26);1H. The van der Waals surface area contributed by atoms with Crippen molar-refractivity contribution in [2.45, 2.75) is 34.2 Å². The monoisotopic (exact) mass is 537 g/mol. The summed E-state index contributed by atoms with van der Waals surface area (Å²) in [6.45, 7) is 12.2. The Labute approximate surface area is 201 Å². The van der Waals surface area contributed by atoms with Gasteiger partial charge in [0.25, 0.3) is 0 Å². The van der Waals surface area contributed by atoms with Crippen molar-refractivity contribution in [3.05, 3.63) is 53.2 Å². The van der Waals surface area contributed by atoms with Gasteiger partial charge in [-0.3, -0.25) is 4.79 Å².